The number of hydrogen-bond donors (Lipinski definition) is 1. The Labute approximate surface area is 189 Å². The number of hydrogen-bond acceptors (Lipinski definition) is 5. The maximum absolute atomic E-state index is 13.4. The van der Waals surface area contributed by atoms with E-state index in [1.54, 1.807) is 28.5 Å². The van der Waals surface area contributed by atoms with Gasteiger partial charge >= 0.3 is 0 Å². The summed E-state index contributed by atoms with van der Waals surface area (Å²) in [6.07, 6.45) is 6.26. The first-order chi connectivity index (χ1) is 15.7. The van der Waals surface area contributed by atoms with Crippen molar-refractivity contribution in [3.63, 3.8) is 0 Å². The molecule has 0 amide bonds. The lowest BCUT2D eigenvalue weighted by Crippen LogP contribution is -2.33. The molecule has 0 saturated carbocycles. The molecule has 0 bridgehead atoms. The van der Waals surface area contributed by atoms with Crippen LogP contribution in [0, 0.1) is 0 Å². The minimum absolute atomic E-state index is 0.0719. The number of thiophene rings is 1. The van der Waals surface area contributed by atoms with Gasteiger partial charge in [-0.2, -0.15) is 0 Å². The molecule has 0 radical (unpaired) electrons. The Kier molecular flexibility index (Phi) is 4.89. The third-order valence-electron chi connectivity index (χ3n) is 6.35. The second-order valence-electron chi connectivity index (χ2n) is 8.44. The van der Waals surface area contributed by atoms with Gasteiger partial charge in [0.05, 0.1) is 31.1 Å². The van der Waals surface area contributed by atoms with E-state index in [2.05, 4.69) is 40.6 Å². The molecule has 1 atom stereocenters. The first-order valence-corrected chi connectivity index (χ1v) is 11.8. The topological polar surface area (TPSA) is 60.1 Å². The summed E-state index contributed by atoms with van der Waals surface area (Å²) in [5.74, 6) is 0.949. The van der Waals surface area contributed by atoms with E-state index in [9.17, 15) is 4.79 Å². The van der Waals surface area contributed by atoms with Gasteiger partial charge in [-0.15, -0.1) is 11.3 Å². The van der Waals surface area contributed by atoms with Crippen LogP contribution in [0.4, 0.5) is 0 Å². The number of fused-ring (bicyclic) bond motifs is 4. The summed E-state index contributed by atoms with van der Waals surface area (Å²) in [4.78, 5) is 20.2. The zero-order valence-corrected chi connectivity index (χ0v) is 18.4. The Hall–Kier alpha value is -3.22. The Morgan fingerprint density at radius 1 is 1.12 bits per heavy atom. The molecule has 32 heavy (non-hydrogen) atoms. The van der Waals surface area contributed by atoms with Crippen LogP contribution in [-0.4, -0.2) is 15.6 Å². The Morgan fingerprint density at radius 3 is 2.91 bits per heavy atom. The second-order valence-corrected chi connectivity index (χ2v) is 9.53. The first-order valence-electron chi connectivity index (χ1n) is 11.0. The van der Waals surface area contributed by atoms with Crippen molar-refractivity contribution in [2.75, 3.05) is 0 Å². The third kappa shape index (κ3) is 3.55. The summed E-state index contributed by atoms with van der Waals surface area (Å²) >= 11 is 1.67. The molecule has 1 aliphatic carbocycles. The van der Waals surface area contributed by atoms with Gasteiger partial charge in [0.15, 0.2) is 0 Å². The van der Waals surface area contributed by atoms with Gasteiger partial charge in [0.2, 0.25) is 0 Å². The summed E-state index contributed by atoms with van der Waals surface area (Å²) < 4.78 is 7.18. The number of benzene rings is 2. The smallest absolute Gasteiger partial charge is 0.262 e. The fourth-order valence-electron chi connectivity index (χ4n) is 4.68. The summed E-state index contributed by atoms with van der Waals surface area (Å²) in [6.45, 7) is 1.26. The van der Waals surface area contributed by atoms with Crippen LogP contribution in [0.15, 0.2) is 76.4 Å². The van der Waals surface area contributed by atoms with E-state index < -0.39 is 0 Å². The normalized spacial score (nSPS) is 15.9. The first kappa shape index (κ1) is 19.5. The lowest BCUT2D eigenvalue weighted by atomic mass is 9.93. The maximum atomic E-state index is 13.4. The van der Waals surface area contributed by atoms with Crippen LogP contribution in [0.1, 0.15) is 28.2 Å². The molecule has 1 N–H and O–H groups in total. The van der Waals surface area contributed by atoms with Gasteiger partial charge in [-0.1, -0.05) is 36.4 Å². The van der Waals surface area contributed by atoms with E-state index in [0.717, 1.165) is 47.3 Å². The molecule has 0 fully saturated rings. The summed E-state index contributed by atoms with van der Waals surface area (Å²) in [7, 11) is 0. The lowest BCUT2D eigenvalue weighted by Gasteiger charge is -2.23. The van der Waals surface area contributed by atoms with Gasteiger partial charge in [-0.25, -0.2) is 4.98 Å². The van der Waals surface area contributed by atoms with Crippen LogP contribution < -0.4 is 10.9 Å². The van der Waals surface area contributed by atoms with Gasteiger partial charge < -0.3 is 9.73 Å². The molecule has 5 aromatic rings. The predicted molar refractivity (Wildman–Crippen MR) is 128 cm³/mol. The maximum Gasteiger partial charge on any atom is 0.262 e. The van der Waals surface area contributed by atoms with Gasteiger partial charge in [-0.05, 0) is 59.4 Å². The molecular formula is C26H23N3O2S. The van der Waals surface area contributed by atoms with Gasteiger partial charge in [0.1, 0.15) is 10.6 Å². The highest BCUT2D eigenvalue weighted by atomic mass is 32.1. The average Bonchev–Trinajstić information content (AvgIpc) is 3.47. The Bertz CT molecular complexity index is 1470. The average molecular weight is 442 g/mol. The molecule has 1 aliphatic rings. The van der Waals surface area contributed by atoms with Crippen LogP contribution in [0.25, 0.3) is 21.0 Å². The molecular weight excluding hydrogens is 418 g/mol. The lowest BCUT2D eigenvalue weighted by molar-refractivity contribution is 0.419. The van der Waals surface area contributed by atoms with Gasteiger partial charge in [0.25, 0.3) is 5.56 Å². The van der Waals surface area contributed by atoms with Crippen molar-refractivity contribution in [3.8, 4) is 0 Å². The summed E-state index contributed by atoms with van der Waals surface area (Å²) in [6, 6.07) is 19.0. The monoisotopic (exact) mass is 441 g/mol. The minimum atomic E-state index is 0.0719. The minimum Gasteiger partial charge on any atom is -0.468 e. The van der Waals surface area contributed by atoms with Crippen LogP contribution in [0.5, 0.6) is 0 Å². The number of aryl methyl sites for hydroxylation is 1. The van der Waals surface area contributed by atoms with E-state index in [1.165, 1.54) is 21.2 Å². The van der Waals surface area contributed by atoms with Crippen molar-refractivity contribution in [1.29, 1.82) is 0 Å². The van der Waals surface area contributed by atoms with E-state index in [-0.39, 0.29) is 5.56 Å². The Balaban J connectivity index is 1.27. The summed E-state index contributed by atoms with van der Waals surface area (Å²) in [5, 5.41) is 6.80. The quantitative estimate of drug-likeness (QED) is 0.421. The fourth-order valence-corrected chi connectivity index (χ4v) is 5.94. The zero-order chi connectivity index (χ0) is 21.5. The van der Waals surface area contributed by atoms with Crippen LogP contribution in [-0.2, 0) is 25.9 Å². The van der Waals surface area contributed by atoms with Crippen LogP contribution >= 0.6 is 11.3 Å². The molecule has 3 heterocycles. The second kappa shape index (κ2) is 8.04. The van der Waals surface area contributed by atoms with Crippen molar-refractivity contribution >= 4 is 32.3 Å². The number of nitrogens with zero attached hydrogens (tertiary/aromatic N) is 2. The predicted octanol–water partition coefficient (Wildman–Crippen LogP) is 4.90. The molecule has 1 unspecified atom stereocenters. The SMILES string of the molecule is O=c1c2c3c(sc2ncn1Cc1ccc2ccccc2c1)CC(NCc1ccco1)CC3. The molecule has 3 aromatic heterocycles. The largest absolute Gasteiger partial charge is 0.468 e. The molecule has 160 valence electrons. The highest BCUT2D eigenvalue weighted by Crippen LogP contribution is 2.33. The third-order valence-corrected chi connectivity index (χ3v) is 7.51. The highest BCUT2D eigenvalue weighted by molar-refractivity contribution is 7.18. The van der Waals surface area contributed by atoms with Crippen molar-refractivity contribution in [2.24, 2.45) is 0 Å². The van der Waals surface area contributed by atoms with Crippen molar-refractivity contribution in [2.45, 2.75) is 38.4 Å². The van der Waals surface area contributed by atoms with Gasteiger partial charge in [0, 0.05) is 10.9 Å². The van der Waals surface area contributed by atoms with E-state index in [1.807, 2.05) is 24.3 Å². The highest BCUT2D eigenvalue weighted by Gasteiger charge is 2.25. The Morgan fingerprint density at radius 2 is 2.03 bits per heavy atom. The molecule has 0 saturated heterocycles. The molecule has 6 rings (SSSR count). The van der Waals surface area contributed by atoms with E-state index in [4.69, 9.17) is 4.42 Å². The molecule has 0 aliphatic heterocycles. The fraction of sp³-hybridized carbons (Fsp3) is 0.231. The van der Waals surface area contributed by atoms with Crippen LogP contribution in [0.2, 0.25) is 0 Å². The standard InChI is InChI=1S/C26H23N3O2S/c30-26-24-22-10-9-20(27-14-21-6-3-11-31-21)13-23(22)32-25(24)28-16-29(26)15-17-7-8-18-4-1-2-5-19(18)12-17/h1-8,11-12,16,20,27H,9-10,13-15H2. The van der Waals surface area contributed by atoms with Crippen molar-refractivity contribution in [1.82, 2.24) is 14.9 Å². The number of furan rings is 1. The van der Waals surface area contributed by atoms with E-state index in [0.29, 0.717) is 12.6 Å². The number of nitrogens with one attached hydrogen (secondary N) is 1. The van der Waals surface area contributed by atoms with Gasteiger partial charge in [-0.3, -0.25) is 9.36 Å². The summed E-state index contributed by atoms with van der Waals surface area (Å²) in [5.41, 5.74) is 2.38. The molecule has 6 heteroatoms. The van der Waals surface area contributed by atoms with E-state index >= 15 is 0 Å². The van der Waals surface area contributed by atoms with Crippen molar-refractivity contribution in [3.05, 3.63) is 99.3 Å². The number of aromatic nitrogens is 2. The molecule has 5 nitrogen and oxygen atoms in total. The molecule has 2 aromatic carbocycles. The zero-order valence-electron chi connectivity index (χ0n) is 17.6. The number of rotatable bonds is 5. The van der Waals surface area contributed by atoms with Crippen molar-refractivity contribution < 1.29 is 4.42 Å². The molecule has 0 spiro atoms. The van der Waals surface area contributed by atoms with Crippen LogP contribution in [0.3, 0.4) is 0 Å².